The van der Waals surface area contributed by atoms with E-state index >= 15 is 0 Å². The first-order chi connectivity index (χ1) is 8.55. The van der Waals surface area contributed by atoms with Crippen LogP contribution < -0.4 is 5.14 Å². The molecule has 96 valence electrons. The van der Waals surface area contributed by atoms with Crippen LogP contribution in [0.1, 0.15) is 11.3 Å². The third-order valence-electron chi connectivity index (χ3n) is 2.35. The minimum atomic E-state index is -3.79. The number of hydrogen-bond donors (Lipinski definition) is 1. The molecule has 2 rings (SSSR count). The third-order valence-corrected chi connectivity index (χ3v) is 3.33. The third kappa shape index (κ3) is 3.39. The Morgan fingerprint density at radius 2 is 2.11 bits per heavy atom. The standard InChI is InChI=1S/C11H13N3O3S/c12-18(15,16)14(9-11-4-2-6-17-11)8-10-3-1-5-13-7-10/h1-7H,8-9H2,(H2,12,15,16). The molecule has 0 unspecified atom stereocenters. The van der Waals surface area contributed by atoms with E-state index in [4.69, 9.17) is 9.56 Å². The van der Waals surface area contributed by atoms with Crippen LogP contribution in [-0.4, -0.2) is 17.7 Å². The Hall–Kier alpha value is -1.70. The van der Waals surface area contributed by atoms with Gasteiger partial charge < -0.3 is 4.42 Å². The SMILES string of the molecule is NS(=O)(=O)N(Cc1cccnc1)Cc1ccco1. The van der Waals surface area contributed by atoms with Crippen molar-refractivity contribution in [2.75, 3.05) is 0 Å². The summed E-state index contributed by atoms with van der Waals surface area (Å²) in [5.41, 5.74) is 0.762. The van der Waals surface area contributed by atoms with Crippen LogP contribution in [0.5, 0.6) is 0 Å². The summed E-state index contributed by atoms with van der Waals surface area (Å²) >= 11 is 0. The van der Waals surface area contributed by atoms with Gasteiger partial charge in [-0.2, -0.15) is 12.7 Å². The topological polar surface area (TPSA) is 89.4 Å². The molecule has 0 radical (unpaired) electrons. The minimum Gasteiger partial charge on any atom is -0.468 e. The van der Waals surface area contributed by atoms with Gasteiger partial charge in [0.1, 0.15) is 5.76 Å². The van der Waals surface area contributed by atoms with E-state index in [1.807, 2.05) is 0 Å². The van der Waals surface area contributed by atoms with Crippen molar-refractivity contribution in [2.45, 2.75) is 13.1 Å². The highest BCUT2D eigenvalue weighted by atomic mass is 32.2. The van der Waals surface area contributed by atoms with Gasteiger partial charge in [0.2, 0.25) is 0 Å². The first kappa shape index (κ1) is 12.7. The highest BCUT2D eigenvalue weighted by Gasteiger charge is 2.19. The van der Waals surface area contributed by atoms with Crippen LogP contribution in [0.3, 0.4) is 0 Å². The Bertz CT molecular complexity index is 581. The quantitative estimate of drug-likeness (QED) is 0.870. The molecule has 0 aliphatic carbocycles. The van der Waals surface area contributed by atoms with E-state index in [0.29, 0.717) is 5.76 Å². The summed E-state index contributed by atoms with van der Waals surface area (Å²) in [5.74, 6) is 0.535. The highest BCUT2D eigenvalue weighted by Crippen LogP contribution is 2.11. The van der Waals surface area contributed by atoms with E-state index in [9.17, 15) is 8.42 Å². The number of nitrogens with two attached hydrogens (primary N) is 1. The van der Waals surface area contributed by atoms with Crippen molar-refractivity contribution in [3.8, 4) is 0 Å². The molecule has 0 bridgehead atoms. The summed E-state index contributed by atoms with van der Waals surface area (Å²) in [7, 11) is -3.79. The van der Waals surface area contributed by atoms with Crippen LogP contribution >= 0.6 is 0 Å². The van der Waals surface area contributed by atoms with E-state index < -0.39 is 10.2 Å². The van der Waals surface area contributed by atoms with Crippen molar-refractivity contribution in [1.29, 1.82) is 0 Å². The lowest BCUT2D eigenvalue weighted by Crippen LogP contribution is -2.35. The summed E-state index contributed by atoms with van der Waals surface area (Å²) in [6, 6.07) is 6.92. The van der Waals surface area contributed by atoms with Crippen LogP contribution in [0.2, 0.25) is 0 Å². The lowest BCUT2D eigenvalue weighted by Gasteiger charge is -2.17. The van der Waals surface area contributed by atoms with Crippen molar-refractivity contribution < 1.29 is 12.8 Å². The average Bonchev–Trinajstić information content (AvgIpc) is 2.81. The van der Waals surface area contributed by atoms with Gasteiger partial charge >= 0.3 is 0 Å². The molecule has 0 amide bonds. The molecule has 0 aliphatic rings. The molecule has 0 fully saturated rings. The van der Waals surface area contributed by atoms with Gasteiger partial charge in [0.25, 0.3) is 10.2 Å². The minimum absolute atomic E-state index is 0.0979. The predicted molar refractivity (Wildman–Crippen MR) is 65.3 cm³/mol. The van der Waals surface area contributed by atoms with Crippen LogP contribution in [-0.2, 0) is 23.3 Å². The maximum Gasteiger partial charge on any atom is 0.277 e. The van der Waals surface area contributed by atoms with Gasteiger partial charge in [-0.3, -0.25) is 4.98 Å². The van der Waals surface area contributed by atoms with Crippen LogP contribution in [0, 0.1) is 0 Å². The maximum absolute atomic E-state index is 11.5. The molecule has 2 N–H and O–H groups in total. The number of furan rings is 1. The summed E-state index contributed by atoms with van der Waals surface area (Å²) in [6.07, 6.45) is 4.71. The van der Waals surface area contributed by atoms with Gasteiger partial charge in [-0.25, -0.2) is 5.14 Å². The van der Waals surface area contributed by atoms with Gasteiger partial charge in [0.15, 0.2) is 0 Å². The van der Waals surface area contributed by atoms with Crippen LogP contribution in [0.25, 0.3) is 0 Å². The molecule has 0 aliphatic heterocycles. The molecule has 6 nitrogen and oxygen atoms in total. The largest absolute Gasteiger partial charge is 0.468 e. The number of pyridine rings is 1. The number of hydrogen-bond acceptors (Lipinski definition) is 4. The molecule has 18 heavy (non-hydrogen) atoms. The molecule has 0 spiro atoms. The Balaban J connectivity index is 2.16. The zero-order chi connectivity index (χ0) is 13.0. The molecule has 2 heterocycles. The maximum atomic E-state index is 11.5. The second kappa shape index (κ2) is 5.30. The van der Waals surface area contributed by atoms with Gasteiger partial charge in [-0.1, -0.05) is 6.07 Å². The zero-order valence-corrected chi connectivity index (χ0v) is 10.4. The van der Waals surface area contributed by atoms with Gasteiger partial charge in [0.05, 0.1) is 12.8 Å². The first-order valence-electron chi connectivity index (χ1n) is 5.25. The molecule has 7 heteroatoms. The fourth-order valence-electron chi connectivity index (χ4n) is 1.51. The van der Waals surface area contributed by atoms with Crippen LogP contribution in [0.15, 0.2) is 47.3 Å². The van der Waals surface area contributed by atoms with E-state index in [2.05, 4.69) is 4.98 Å². The number of aromatic nitrogens is 1. The molecule has 0 atom stereocenters. The Morgan fingerprint density at radius 3 is 2.67 bits per heavy atom. The van der Waals surface area contributed by atoms with Crippen molar-refractivity contribution in [3.05, 3.63) is 54.2 Å². The molecule has 2 aromatic rings. The summed E-state index contributed by atoms with van der Waals surface area (Å²) < 4.78 is 29.3. The van der Waals surface area contributed by atoms with Crippen molar-refractivity contribution in [3.63, 3.8) is 0 Å². The van der Waals surface area contributed by atoms with Crippen molar-refractivity contribution >= 4 is 10.2 Å². The summed E-state index contributed by atoms with van der Waals surface area (Å²) in [6.45, 7) is 0.258. The normalized spacial score (nSPS) is 11.9. The number of nitrogens with zero attached hydrogens (tertiary/aromatic N) is 2. The lowest BCUT2D eigenvalue weighted by molar-refractivity contribution is 0.358. The number of rotatable bonds is 5. The monoisotopic (exact) mass is 267 g/mol. The predicted octanol–water partition coefficient (Wildman–Crippen LogP) is 0.880. The Morgan fingerprint density at radius 1 is 1.28 bits per heavy atom. The van der Waals surface area contributed by atoms with Crippen molar-refractivity contribution in [1.82, 2.24) is 9.29 Å². The smallest absolute Gasteiger partial charge is 0.277 e. The molecule has 0 saturated heterocycles. The summed E-state index contributed by atoms with van der Waals surface area (Å²) in [5, 5.41) is 5.18. The fraction of sp³-hybridized carbons (Fsp3) is 0.182. The Kier molecular flexibility index (Phi) is 3.75. The van der Waals surface area contributed by atoms with Gasteiger partial charge in [-0.15, -0.1) is 0 Å². The van der Waals surface area contributed by atoms with Gasteiger partial charge in [-0.05, 0) is 23.8 Å². The molecule has 2 aromatic heterocycles. The lowest BCUT2D eigenvalue weighted by atomic mass is 10.3. The molecular weight excluding hydrogens is 254 g/mol. The average molecular weight is 267 g/mol. The first-order valence-corrected chi connectivity index (χ1v) is 6.75. The second-order valence-corrected chi connectivity index (χ2v) is 5.30. The van der Waals surface area contributed by atoms with Gasteiger partial charge in [0, 0.05) is 18.9 Å². The van der Waals surface area contributed by atoms with Crippen LogP contribution in [0.4, 0.5) is 0 Å². The molecule has 0 aromatic carbocycles. The van der Waals surface area contributed by atoms with Crippen molar-refractivity contribution in [2.24, 2.45) is 5.14 Å². The summed E-state index contributed by atoms with van der Waals surface area (Å²) in [4.78, 5) is 3.93. The fourth-order valence-corrected chi connectivity index (χ4v) is 2.14. The van der Waals surface area contributed by atoms with E-state index in [-0.39, 0.29) is 13.1 Å². The molecule has 0 saturated carbocycles. The van der Waals surface area contributed by atoms with E-state index in [1.165, 1.54) is 6.26 Å². The zero-order valence-electron chi connectivity index (χ0n) is 9.56. The van der Waals surface area contributed by atoms with E-state index in [0.717, 1.165) is 9.87 Å². The second-order valence-electron chi connectivity index (χ2n) is 3.75. The highest BCUT2D eigenvalue weighted by molar-refractivity contribution is 7.86. The molecular formula is C11H13N3O3S. The van der Waals surface area contributed by atoms with E-state index in [1.54, 1.807) is 36.7 Å². The Labute approximate surface area is 105 Å².